The number of hydrogen-bond donors (Lipinski definition) is 1. The monoisotopic (exact) mass is 271 g/mol. The van der Waals surface area contributed by atoms with E-state index in [2.05, 4.69) is 10.3 Å². The Morgan fingerprint density at radius 3 is 3.00 bits per heavy atom. The summed E-state index contributed by atoms with van der Waals surface area (Å²) in [5, 5.41) is 13.7. The number of nitrogens with one attached hydrogen (secondary N) is 1. The van der Waals surface area contributed by atoms with Crippen LogP contribution in [-0.4, -0.2) is 29.7 Å². The summed E-state index contributed by atoms with van der Waals surface area (Å²) in [7, 11) is 0. The van der Waals surface area contributed by atoms with Crippen LogP contribution in [0.1, 0.15) is 12.8 Å². The minimum Gasteiger partial charge on any atom is -0.379 e. The van der Waals surface area contributed by atoms with E-state index in [1.165, 1.54) is 25.0 Å². The lowest BCUT2D eigenvalue weighted by Gasteiger charge is -2.06. The lowest BCUT2D eigenvalue weighted by molar-refractivity contribution is -0.384. The van der Waals surface area contributed by atoms with Gasteiger partial charge in [0, 0.05) is 13.2 Å². The first kappa shape index (κ1) is 13.0. The van der Waals surface area contributed by atoms with Crippen molar-refractivity contribution in [2.45, 2.75) is 12.8 Å². The van der Waals surface area contributed by atoms with Gasteiger partial charge in [-0.2, -0.15) is 0 Å². The van der Waals surface area contributed by atoms with Gasteiger partial charge in [0.2, 0.25) is 0 Å². The van der Waals surface area contributed by atoms with Crippen LogP contribution in [0.25, 0.3) is 0 Å². The molecule has 0 aliphatic heterocycles. The van der Waals surface area contributed by atoms with Crippen molar-refractivity contribution >= 4 is 23.1 Å². The van der Waals surface area contributed by atoms with Crippen LogP contribution in [0.4, 0.5) is 11.5 Å². The van der Waals surface area contributed by atoms with E-state index in [1.807, 2.05) is 0 Å². The van der Waals surface area contributed by atoms with Crippen molar-refractivity contribution in [2.24, 2.45) is 5.92 Å². The van der Waals surface area contributed by atoms with Crippen LogP contribution in [0.5, 0.6) is 0 Å². The number of halogens is 1. The van der Waals surface area contributed by atoms with E-state index in [4.69, 9.17) is 16.3 Å². The molecule has 6 nitrogen and oxygen atoms in total. The maximum Gasteiger partial charge on any atom is 0.276 e. The number of nitrogens with zero attached hydrogens (tertiary/aromatic N) is 2. The van der Waals surface area contributed by atoms with Crippen LogP contribution in [0, 0.1) is 16.0 Å². The first-order valence-electron chi connectivity index (χ1n) is 5.79. The van der Waals surface area contributed by atoms with Crippen LogP contribution in [0.2, 0.25) is 5.15 Å². The number of rotatable bonds is 7. The summed E-state index contributed by atoms with van der Waals surface area (Å²) in [5.74, 6) is 1.12. The van der Waals surface area contributed by atoms with Crippen LogP contribution < -0.4 is 5.32 Å². The third kappa shape index (κ3) is 4.12. The van der Waals surface area contributed by atoms with E-state index in [1.54, 1.807) is 0 Å². The van der Waals surface area contributed by atoms with Gasteiger partial charge in [0.15, 0.2) is 0 Å². The Bertz CT molecular complexity index is 438. The standard InChI is InChI=1S/C11H14ClN3O3/c12-10-5-9(15(16)17)6-11(14-10)13-3-4-18-7-8-1-2-8/h5-6,8H,1-4,7H2,(H,13,14). The third-order valence-corrected chi connectivity index (χ3v) is 2.79. The van der Waals surface area contributed by atoms with Crippen molar-refractivity contribution in [2.75, 3.05) is 25.1 Å². The zero-order chi connectivity index (χ0) is 13.0. The molecular weight excluding hydrogens is 258 g/mol. The predicted octanol–water partition coefficient (Wildman–Crippen LogP) is 2.48. The van der Waals surface area contributed by atoms with Crippen LogP contribution in [-0.2, 0) is 4.74 Å². The Balaban J connectivity index is 1.78. The highest BCUT2D eigenvalue weighted by molar-refractivity contribution is 6.29. The van der Waals surface area contributed by atoms with Gasteiger partial charge in [-0.1, -0.05) is 11.6 Å². The number of pyridine rings is 1. The minimum atomic E-state index is -0.498. The molecule has 1 aliphatic carbocycles. The Kier molecular flexibility index (Phi) is 4.33. The molecule has 1 fully saturated rings. The number of anilines is 1. The molecule has 1 N–H and O–H groups in total. The summed E-state index contributed by atoms with van der Waals surface area (Å²) in [6, 6.07) is 2.57. The fraction of sp³-hybridized carbons (Fsp3) is 0.545. The van der Waals surface area contributed by atoms with Gasteiger partial charge in [-0.05, 0) is 18.8 Å². The molecule has 18 heavy (non-hydrogen) atoms. The van der Waals surface area contributed by atoms with Gasteiger partial charge in [0.1, 0.15) is 11.0 Å². The first-order chi connectivity index (χ1) is 8.65. The van der Waals surface area contributed by atoms with Crippen molar-refractivity contribution in [1.82, 2.24) is 4.98 Å². The topological polar surface area (TPSA) is 77.3 Å². The summed E-state index contributed by atoms with van der Waals surface area (Å²) in [5.41, 5.74) is -0.0728. The third-order valence-electron chi connectivity index (χ3n) is 2.59. The molecule has 0 amide bonds. The average Bonchev–Trinajstić information content (AvgIpc) is 3.12. The molecule has 1 aromatic rings. The number of nitro groups is 1. The molecule has 1 aliphatic rings. The lowest BCUT2D eigenvalue weighted by atomic mass is 10.4. The van der Waals surface area contributed by atoms with Crippen LogP contribution >= 0.6 is 11.6 Å². The maximum absolute atomic E-state index is 10.6. The fourth-order valence-electron chi connectivity index (χ4n) is 1.47. The lowest BCUT2D eigenvalue weighted by Crippen LogP contribution is -2.11. The van der Waals surface area contributed by atoms with Gasteiger partial charge >= 0.3 is 0 Å². The van der Waals surface area contributed by atoms with E-state index in [-0.39, 0.29) is 10.8 Å². The van der Waals surface area contributed by atoms with Crippen LogP contribution in [0.15, 0.2) is 12.1 Å². The quantitative estimate of drug-likeness (QED) is 0.357. The average molecular weight is 272 g/mol. The molecule has 0 aromatic carbocycles. The second kappa shape index (κ2) is 5.97. The van der Waals surface area contributed by atoms with Crippen molar-refractivity contribution in [1.29, 1.82) is 0 Å². The highest BCUT2D eigenvalue weighted by atomic mass is 35.5. The molecule has 2 rings (SSSR count). The Hall–Kier alpha value is -1.40. The zero-order valence-corrected chi connectivity index (χ0v) is 10.5. The minimum absolute atomic E-state index is 0.0728. The molecule has 0 radical (unpaired) electrons. The molecule has 0 bridgehead atoms. The zero-order valence-electron chi connectivity index (χ0n) is 9.76. The Morgan fingerprint density at radius 2 is 2.33 bits per heavy atom. The normalized spacial score (nSPS) is 14.5. The van der Waals surface area contributed by atoms with Gasteiger partial charge in [0.25, 0.3) is 5.69 Å². The molecular formula is C11H14ClN3O3. The van der Waals surface area contributed by atoms with Crippen molar-refractivity contribution in [3.05, 3.63) is 27.4 Å². The van der Waals surface area contributed by atoms with Gasteiger partial charge in [0.05, 0.1) is 23.7 Å². The van der Waals surface area contributed by atoms with Gasteiger partial charge in [-0.25, -0.2) is 4.98 Å². The molecule has 1 heterocycles. The van der Waals surface area contributed by atoms with Gasteiger partial charge in [-0.3, -0.25) is 10.1 Å². The number of aromatic nitrogens is 1. The van der Waals surface area contributed by atoms with Gasteiger partial charge < -0.3 is 10.1 Å². The Morgan fingerprint density at radius 1 is 1.56 bits per heavy atom. The summed E-state index contributed by atoms with van der Waals surface area (Å²) >= 11 is 5.70. The summed E-state index contributed by atoms with van der Waals surface area (Å²) in [4.78, 5) is 14.1. The first-order valence-corrected chi connectivity index (χ1v) is 6.16. The smallest absolute Gasteiger partial charge is 0.276 e. The summed E-state index contributed by atoms with van der Waals surface area (Å²) in [6.07, 6.45) is 2.52. The fourth-order valence-corrected chi connectivity index (χ4v) is 1.67. The Labute approximate surface area is 109 Å². The van der Waals surface area contributed by atoms with Gasteiger partial charge in [-0.15, -0.1) is 0 Å². The summed E-state index contributed by atoms with van der Waals surface area (Å²) < 4.78 is 5.43. The predicted molar refractivity (Wildman–Crippen MR) is 67.9 cm³/mol. The highest BCUT2D eigenvalue weighted by Gasteiger charge is 2.20. The van der Waals surface area contributed by atoms with Crippen molar-refractivity contribution < 1.29 is 9.66 Å². The summed E-state index contributed by atoms with van der Waals surface area (Å²) in [6.45, 7) is 1.90. The SMILES string of the molecule is O=[N+]([O-])c1cc(Cl)nc(NCCOCC2CC2)c1. The van der Waals surface area contributed by atoms with E-state index in [9.17, 15) is 10.1 Å². The van der Waals surface area contributed by atoms with Crippen LogP contribution in [0.3, 0.4) is 0 Å². The molecule has 98 valence electrons. The van der Waals surface area contributed by atoms with E-state index < -0.39 is 4.92 Å². The molecule has 0 spiro atoms. The number of ether oxygens (including phenoxy) is 1. The second-order valence-corrected chi connectivity index (χ2v) is 4.62. The van der Waals surface area contributed by atoms with E-state index >= 15 is 0 Å². The van der Waals surface area contributed by atoms with E-state index in [0.717, 1.165) is 12.5 Å². The molecule has 0 atom stereocenters. The van der Waals surface area contributed by atoms with E-state index in [0.29, 0.717) is 19.0 Å². The molecule has 1 saturated carbocycles. The molecule has 7 heteroatoms. The number of hydrogen-bond acceptors (Lipinski definition) is 5. The molecule has 0 saturated heterocycles. The van der Waals surface area contributed by atoms with Crippen molar-refractivity contribution in [3.8, 4) is 0 Å². The largest absolute Gasteiger partial charge is 0.379 e. The highest BCUT2D eigenvalue weighted by Crippen LogP contribution is 2.28. The maximum atomic E-state index is 10.6. The second-order valence-electron chi connectivity index (χ2n) is 4.24. The molecule has 1 aromatic heterocycles. The molecule has 0 unspecified atom stereocenters. The van der Waals surface area contributed by atoms with Crippen molar-refractivity contribution in [3.63, 3.8) is 0 Å².